The molecular formula is C15H16F3N. The van der Waals surface area contributed by atoms with Crippen LogP contribution in [-0.4, -0.2) is 12.7 Å². The highest BCUT2D eigenvalue weighted by Gasteiger charge is 2.26. The maximum atomic E-state index is 12.1. The van der Waals surface area contributed by atoms with Crippen LogP contribution >= 0.6 is 0 Å². The first-order chi connectivity index (χ1) is 9.01. The van der Waals surface area contributed by atoms with Crippen LogP contribution in [0.25, 0.3) is 10.8 Å². The van der Waals surface area contributed by atoms with Gasteiger partial charge in [-0.05, 0) is 28.3 Å². The number of fused-ring (bicyclic) bond motifs is 1. The molecule has 1 N–H and O–H groups in total. The maximum absolute atomic E-state index is 12.1. The average molecular weight is 267 g/mol. The standard InChI is InChI=1S/C15H16F3N/c1-2-11-7-8-12(9-19-10-15(16,17)18)14-6-4-3-5-13(11)14/h3-8,19H,2,9-10H2,1H3. The number of hydrogen-bond donors (Lipinski definition) is 1. The molecule has 0 saturated heterocycles. The summed E-state index contributed by atoms with van der Waals surface area (Å²) in [6, 6.07) is 11.7. The Labute approximate surface area is 110 Å². The summed E-state index contributed by atoms with van der Waals surface area (Å²) >= 11 is 0. The van der Waals surface area contributed by atoms with Crippen molar-refractivity contribution < 1.29 is 13.2 Å². The fraction of sp³-hybridized carbons (Fsp3) is 0.333. The zero-order chi connectivity index (χ0) is 13.9. The molecule has 0 spiro atoms. The molecule has 0 radical (unpaired) electrons. The van der Waals surface area contributed by atoms with Crippen molar-refractivity contribution in [2.45, 2.75) is 26.1 Å². The summed E-state index contributed by atoms with van der Waals surface area (Å²) in [7, 11) is 0. The van der Waals surface area contributed by atoms with Gasteiger partial charge in [-0.25, -0.2) is 0 Å². The lowest BCUT2D eigenvalue weighted by Crippen LogP contribution is -2.28. The third kappa shape index (κ3) is 3.47. The van der Waals surface area contributed by atoms with Crippen LogP contribution in [0.5, 0.6) is 0 Å². The Morgan fingerprint density at radius 3 is 2.11 bits per heavy atom. The van der Waals surface area contributed by atoms with Gasteiger partial charge in [0, 0.05) is 6.54 Å². The van der Waals surface area contributed by atoms with E-state index in [2.05, 4.69) is 12.2 Å². The van der Waals surface area contributed by atoms with Crippen molar-refractivity contribution in [1.82, 2.24) is 5.32 Å². The molecule has 2 rings (SSSR count). The molecule has 102 valence electrons. The van der Waals surface area contributed by atoms with Crippen LogP contribution in [0.3, 0.4) is 0 Å². The van der Waals surface area contributed by atoms with E-state index < -0.39 is 12.7 Å². The largest absolute Gasteiger partial charge is 0.401 e. The zero-order valence-electron chi connectivity index (χ0n) is 10.7. The van der Waals surface area contributed by atoms with Crippen LogP contribution in [0.2, 0.25) is 0 Å². The molecule has 0 heterocycles. The summed E-state index contributed by atoms with van der Waals surface area (Å²) in [6.45, 7) is 1.34. The summed E-state index contributed by atoms with van der Waals surface area (Å²) < 4.78 is 36.4. The number of rotatable bonds is 4. The maximum Gasteiger partial charge on any atom is 0.401 e. The van der Waals surface area contributed by atoms with E-state index in [-0.39, 0.29) is 6.54 Å². The van der Waals surface area contributed by atoms with Gasteiger partial charge in [-0.3, -0.25) is 0 Å². The van der Waals surface area contributed by atoms with Crippen LogP contribution in [0.4, 0.5) is 13.2 Å². The van der Waals surface area contributed by atoms with Crippen LogP contribution in [0.1, 0.15) is 18.1 Å². The highest BCUT2D eigenvalue weighted by atomic mass is 19.4. The number of aryl methyl sites for hydroxylation is 1. The van der Waals surface area contributed by atoms with E-state index in [1.54, 1.807) is 0 Å². The van der Waals surface area contributed by atoms with Crippen LogP contribution in [0, 0.1) is 0 Å². The van der Waals surface area contributed by atoms with E-state index in [1.165, 1.54) is 5.56 Å². The van der Waals surface area contributed by atoms with E-state index >= 15 is 0 Å². The van der Waals surface area contributed by atoms with Gasteiger partial charge in [0.15, 0.2) is 0 Å². The van der Waals surface area contributed by atoms with E-state index in [1.807, 2.05) is 36.4 Å². The van der Waals surface area contributed by atoms with Crippen LogP contribution < -0.4 is 5.32 Å². The van der Waals surface area contributed by atoms with Gasteiger partial charge < -0.3 is 5.32 Å². The normalized spacial score (nSPS) is 12.0. The molecule has 2 aromatic carbocycles. The van der Waals surface area contributed by atoms with E-state index in [0.717, 1.165) is 22.8 Å². The Morgan fingerprint density at radius 2 is 1.53 bits per heavy atom. The molecule has 0 aliphatic rings. The summed E-state index contributed by atoms with van der Waals surface area (Å²) in [4.78, 5) is 0. The molecule has 2 aromatic rings. The van der Waals surface area contributed by atoms with Crippen molar-refractivity contribution in [1.29, 1.82) is 0 Å². The second-order valence-corrected chi connectivity index (χ2v) is 4.50. The number of hydrogen-bond acceptors (Lipinski definition) is 1. The van der Waals surface area contributed by atoms with Gasteiger partial charge in [-0.1, -0.05) is 43.3 Å². The van der Waals surface area contributed by atoms with Gasteiger partial charge in [-0.2, -0.15) is 13.2 Å². The van der Waals surface area contributed by atoms with E-state index in [9.17, 15) is 13.2 Å². The Hall–Kier alpha value is -1.55. The smallest absolute Gasteiger partial charge is 0.305 e. The molecule has 4 heteroatoms. The van der Waals surface area contributed by atoms with Crippen molar-refractivity contribution in [2.75, 3.05) is 6.54 Å². The number of halogens is 3. The van der Waals surface area contributed by atoms with Crippen molar-refractivity contribution in [3.8, 4) is 0 Å². The van der Waals surface area contributed by atoms with Crippen molar-refractivity contribution in [3.05, 3.63) is 47.5 Å². The third-order valence-electron chi connectivity index (χ3n) is 3.13. The molecule has 0 aliphatic heterocycles. The average Bonchev–Trinajstić information content (AvgIpc) is 2.37. The predicted octanol–water partition coefficient (Wildman–Crippen LogP) is 4.05. The Morgan fingerprint density at radius 1 is 0.947 bits per heavy atom. The van der Waals surface area contributed by atoms with E-state index in [4.69, 9.17) is 0 Å². The molecule has 0 atom stereocenters. The molecule has 0 aromatic heterocycles. The summed E-state index contributed by atoms with van der Waals surface area (Å²) in [5, 5.41) is 4.59. The number of benzene rings is 2. The van der Waals surface area contributed by atoms with E-state index in [0.29, 0.717) is 0 Å². The summed E-state index contributed by atoms with van der Waals surface area (Å²) in [5.41, 5.74) is 2.12. The highest BCUT2D eigenvalue weighted by molar-refractivity contribution is 5.88. The zero-order valence-corrected chi connectivity index (χ0v) is 10.7. The summed E-state index contributed by atoms with van der Waals surface area (Å²) in [5.74, 6) is 0. The fourth-order valence-electron chi connectivity index (χ4n) is 2.23. The molecule has 0 fully saturated rings. The first-order valence-corrected chi connectivity index (χ1v) is 6.28. The molecule has 19 heavy (non-hydrogen) atoms. The fourth-order valence-corrected chi connectivity index (χ4v) is 2.23. The minimum absolute atomic E-state index is 0.226. The number of nitrogens with one attached hydrogen (secondary N) is 1. The Kier molecular flexibility index (Phi) is 4.10. The van der Waals surface area contributed by atoms with Gasteiger partial charge in [0.25, 0.3) is 0 Å². The minimum atomic E-state index is -4.17. The van der Waals surface area contributed by atoms with Gasteiger partial charge in [0.1, 0.15) is 0 Å². The van der Waals surface area contributed by atoms with Crippen molar-refractivity contribution in [3.63, 3.8) is 0 Å². The molecule has 0 aliphatic carbocycles. The molecule has 0 unspecified atom stereocenters. The first-order valence-electron chi connectivity index (χ1n) is 6.28. The lowest BCUT2D eigenvalue weighted by atomic mass is 9.98. The monoisotopic (exact) mass is 267 g/mol. The molecule has 0 bridgehead atoms. The SMILES string of the molecule is CCc1ccc(CNCC(F)(F)F)c2ccccc12. The molecule has 0 amide bonds. The number of alkyl halides is 3. The van der Waals surface area contributed by atoms with Crippen molar-refractivity contribution >= 4 is 10.8 Å². The van der Waals surface area contributed by atoms with Crippen LogP contribution in [-0.2, 0) is 13.0 Å². The third-order valence-corrected chi connectivity index (χ3v) is 3.13. The topological polar surface area (TPSA) is 12.0 Å². The predicted molar refractivity (Wildman–Crippen MR) is 71.1 cm³/mol. The van der Waals surface area contributed by atoms with Crippen LogP contribution in [0.15, 0.2) is 36.4 Å². The lowest BCUT2D eigenvalue weighted by Gasteiger charge is -2.12. The second kappa shape index (κ2) is 5.61. The lowest BCUT2D eigenvalue weighted by molar-refractivity contribution is -0.125. The van der Waals surface area contributed by atoms with Gasteiger partial charge in [0.05, 0.1) is 6.54 Å². The van der Waals surface area contributed by atoms with Gasteiger partial charge in [0.2, 0.25) is 0 Å². The minimum Gasteiger partial charge on any atom is -0.305 e. The molecule has 0 saturated carbocycles. The summed E-state index contributed by atoms with van der Waals surface area (Å²) in [6.07, 6.45) is -3.25. The quantitative estimate of drug-likeness (QED) is 0.881. The Bertz CT molecular complexity index is 561. The molecular weight excluding hydrogens is 251 g/mol. The van der Waals surface area contributed by atoms with Gasteiger partial charge in [-0.15, -0.1) is 0 Å². The second-order valence-electron chi connectivity index (χ2n) is 4.50. The Balaban J connectivity index is 2.24. The van der Waals surface area contributed by atoms with Crippen molar-refractivity contribution in [2.24, 2.45) is 0 Å². The molecule has 1 nitrogen and oxygen atoms in total. The van der Waals surface area contributed by atoms with Gasteiger partial charge >= 0.3 is 6.18 Å². The highest BCUT2D eigenvalue weighted by Crippen LogP contribution is 2.23. The first kappa shape index (κ1) is 13.9.